The van der Waals surface area contributed by atoms with E-state index in [9.17, 15) is 0 Å². The van der Waals surface area contributed by atoms with Crippen molar-refractivity contribution in [3.05, 3.63) is 58.1 Å². The van der Waals surface area contributed by atoms with Gasteiger partial charge < -0.3 is 0 Å². The Morgan fingerprint density at radius 1 is 1.18 bits per heavy atom. The van der Waals surface area contributed by atoms with Gasteiger partial charge >= 0.3 is 0 Å². The third-order valence-electron chi connectivity index (χ3n) is 2.67. The van der Waals surface area contributed by atoms with Crippen LogP contribution in [-0.4, -0.2) is 14.8 Å². The van der Waals surface area contributed by atoms with Crippen molar-refractivity contribution < 1.29 is 0 Å². The molecular formula is C13H10IN3. The van der Waals surface area contributed by atoms with E-state index in [-0.39, 0.29) is 0 Å². The predicted molar refractivity (Wildman–Crippen MR) is 75.8 cm³/mol. The van der Waals surface area contributed by atoms with E-state index in [1.165, 1.54) is 10.9 Å². The van der Waals surface area contributed by atoms with Crippen LogP contribution in [0.1, 0.15) is 5.56 Å². The number of benzene rings is 1. The highest BCUT2D eigenvalue weighted by Crippen LogP contribution is 2.17. The number of halogens is 1. The molecule has 0 atom stereocenters. The quantitative estimate of drug-likeness (QED) is 0.674. The minimum absolute atomic E-state index is 0.784. The van der Waals surface area contributed by atoms with Crippen molar-refractivity contribution in [2.45, 2.75) is 6.54 Å². The first-order valence-electron chi connectivity index (χ1n) is 5.33. The van der Waals surface area contributed by atoms with Gasteiger partial charge in [0.2, 0.25) is 0 Å². The highest BCUT2D eigenvalue weighted by molar-refractivity contribution is 14.1. The normalized spacial score (nSPS) is 10.9. The van der Waals surface area contributed by atoms with Crippen LogP contribution < -0.4 is 0 Å². The Kier molecular flexibility index (Phi) is 2.80. The minimum atomic E-state index is 0.784. The van der Waals surface area contributed by atoms with Gasteiger partial charge in [0.05, 0.1) is 21.8 Å². The van der Waals surface area contributed by atoms with Crippen LogP contribution in [0.25, 0.3) is 10.9 Å². The molecular weight excluding hydrogens is 325 g/mol. The third-order valence-corrected chi connectivity index (χ3v) is 3.23. The second kappa shape index (κ2) is 4.44. The highest BCUT2D eigenvalue weighted by atomic mass is 127. The zero-order chi connectivity index (χ0) is 11.7. The smallest absolute Gasteiger partial charge is 0.0705 e. The van der Waals surface area contributed by atoms with Crippen LogP contribution in [0.4, 0.5) is 0 Å². The summed E-state index contributed by atoms with van der Waals surface area (Å²) in [6, 6.07) is 10.2. The number of aromatic nitrogens is 3. The highest BCUT2D eigenvalue weighted by Gasteiger charge is 2.02. The van der Waals surface area contributed by atoms with Gasteiger partial charge in [-0.25, -0.2) is 0 Å². The fourth-order valence-corrected chi connectivity index (χ4v) is 2.34. The topological polar surface area (TPSA) is 30.7 Å². The van der Waals surface area contributed by atoms with Crippen molar-refractivity contribution in [3.8, 4) is 0 Å². The van der Waals surface area contributed by atoms with Crippen LogP contribution in [0.2, 0.25) is 0 Å². The van der Waals surface area contributed by atoms with E-state index < -0.39 is 0 Å². The van der Waals surface area contributed by atoms with E-state index in [1.54, 1.807) is 0 Å². The first kappa shape index (κ1) is 10.7. The standard InChI is InChI=1S/C13H10IN3/c14-11-7-16-17(9-11)8-10-5-6-15-13-4-2-1-3-12(10)13/h1-7,9H,8H2. The molecule has 3 aromatic rings. The average molecular weight is 335 g/mol. The molecule has 3 rings (SSSR count). The Labute approximate surface area is 113 Å². The van der Waals surface area contributed by atoms with Crippen molar-refractivity contribution in [2.24, 2.45) is 0 Å². The number of hydrogen-bond acceptors (Lipinski definition) is 2. The van der Waals surface area contributed by atoms with Gasteiger partial charge in [-0.1, -0.05) is 18.2 Å². The lowest BCUT2D eigenvalue weighted by Crippen LogP contribution is -2.00. The molecule has 0 aliphatic rings. The molecule has 0 spiro atoms. The lowest BCUT2D eigenvalue weighted by atomic mass is 10.1. The van der Waals surface area contributed by atoms with Crippen molar-refractivity contribution in [3.63, 3.8) is 0 Å². The molecule has 3 nitrogen and oxygen atoms in total. The third kappa shape index (κ3) is 2.17. The summed E-state index contributed by atoms with van der Waals surface area (Å²) in [5, 5.41) is 5.50. The van der Waals surface area contributed by atoms with Crippen molar-refractivity contribution in [2.75, 3.05) is 0 Å². The average Bonchev–Trinajstić information content (AvgIpc) is 2.75. The van der Waals surface area contributed by atoms with Gasteiger partial charge in [-0.2, -0.15) is 5.10 Å². The van der Waals surface area contributed by atoms with Crippen molar-refractivity contribution in [1.29, 1.82) is 0 Å². The molecule has 4 heteroatoms. The number of pyridine rings is 1. The Morgan fingerprint density at radius 2 is 2.06 bits per heavy atom. The summed E-state index contributed by atoms with van der Waals surface area (Å²) in [4.78, 5) is 4.36. The van der Waals surface area contributed by atoms with E-state index in [0.29, 0.717) is 0 Å². The molecule has 0 fully saturated rings. The fraction of sp³-hybridized carbons (Fsp3) is 0.0769. The van der Waals surface area contributed by atoms with Crippen LogP contribution in [0, 0.1) is 3.57 Å². The first-order valence-corrected chi connectivity index (χ1v) is 6.41. The molecule has 1 aromatic carbocycles. The maximum Gasteiger partial charge on any atom is 0.0705 e. The molecule has 0 radical (unpaired) electrons. The van der Waals surface area contributed by atoms with Gasteiger partial charge in [0.25, 0.3) is 0 Å². The number of nitrogens with zero attached hydrogens (tertiary/aromatic N) is 3. The van der Waals surface area contributed by atoms with Crippen molar-refractivity contribution in [1.82, 2.24) is 14.8 Å². The summed E-state index contributed by atoms with van der Waals surface area (Å²) in [6.45, 7) is 0.784. The molecule has 0 bridgehead atoms. The summed E-state index contributed by atoms with van der Waals surface area (Å²) in [5.41, 5.74) is 2.28. The Hall–Kier alpha value is -1.43. The molecule has 2 heterocycles. The van der Waals surface area contributed by atoms with E-state index in [1.807, 2.05) is 41.5 Å². The number of hydrogen-bond donors (Lipinski definition) is 0. The van der Waals surface area contributed by atoms with Gasteiger partial charge in [0, 0.05) is 17.8 Å². The minimum Gasteiger partial charge on any atom is -0.267 e. The second-order valence-electron chi connectivity index (χ2n) is 3.84. The molecule has 0 saturated heterocycles. The van der Waals surface area contributed by atoms with Gasteiger partial charge in [0.15, 0.2) is 0 Å². The summed E-state index contributed by atoms with van der Waals surface area (Å²) in [5.74, 6) is 0. The van der Waals surface area contributed by atoms with E-state index in [2.05, 4.69) is 44.8 Å². The Morgan fingerprint density at radius 3 is 2.88 bits per heavy atom. The van der Waals surface area contributed by atoms with Crippen LogP contribution >= 0.6 is 22.6 Å². The van der Waals surface area contributed by atoms with Crippen LogP contribution in [0.3, 0.4) is 0 Å². The monoisotopic (exact) mass is 335 g/mol. The molecule has 2 aromatic heterocycles. The van der Waals surface area contributed by atoms with E-state index >= 15 is 0 Å². The number of fused-ring (bicyclic) bond motifs is 1. The van der Waals surface area contributed by atoms with E-state index in [0.717, 1.165) is 15.6 Å². The van der Waals surface area contributed by atoms with Gasteiger partial charge in [-0.15, -0.1) is 0 Å². The Bertz CT molecular complexity index is 655. The largest absolute Gasteiger partial charge is 0.267 e. The van der Waals surface area contributed by atoms with Crippen LogP contribution in [0.15, 0.2) is 48.9 Å². The summed E-state index contributed by atoms with van der Waals surface area (Å²) < 4.78 is 3.10. The fourth-order valence-electron chi connectivity index (χ4n) is 1.89. The number of para-hydroxylation sites is 1. The summed E-state index contributed by atoms with van der Waals surface area (Å²) >= 11 is 2.27. The molecule has 0 amide bonds. The van der Waals surface area contributed by atoms with Crippen LogP contribution in [0.5, 0.6) is 0 Å². The van der Waals surface area contributed by atoms with Gasteiger partial charge in [-0.05, 0) is 40.3 Å². The van der Waals surface area contributed by atoms with Crippen molar-refractivity contribution >= 4 is 33.5 Å². The molecule has 84 valence electrons. The molecule has 0 N–H and O–H groups in total. The molecule has 0 aliphatic heterocycles. The van der Waals surface area contributed by atoms with Gasteiger partial charge in [-0.3, -0.25) is 9.67 Å². The molecule has 0 aliphatic carbocycles. The summed E-state index contributed by atoms with van der Waals surface area (Å²) in [7, 11) is 0. The van der Waals surface area contributed by atoms with Crippen LogP contribution in [-0.2, 0) is 6.54 Å². The van der Waals surface area contributed by atoms with Gasteiger partial charge in [0.1, 0.15) is 0 Å². The molecule has 17 heavy (non-hydrogen) atoms. The Balaban J connectivity index is 2.05. The maximum atomic E-state index is 4.36. The molecule has 0 unspecified atom stereocenters. The first-order chi connectivity index (χ1) is 8.33. The molecule has 0 saturated carbocycles. The lowest BCUT2D eigenvalue weighted by molar-refractivity contribution is 0.689. The zero-order valence-corrected chi connectivity index (χ0v) is 11.2. The summed E-state index contributed by atoms with van der Waals surface area (Å²) in [6.07, 6.45) is 5.76. The zero-order valence-electron chi connectivity index (χ0n) is 9.05. The SMILES string of the molecule is Ic1cnn(Cc2ccnc3ccccc23)c1. The lowest BCUT2D eigenvalue weighted by Gasteiger charge is -2.05. The maximum absolute atomic E-state index is 4.36. The van der Waals surface area contributed by atoms with E-state index in [4.69, 9.17) is 0 Å². The second-order valence-corrected chi connectivity index (χ2v) is 5.09. The predicted octanol–water partition coefficient (Wildman–Crippen LogP) is 3.08. The number of rotatable bonds is 2.